The van der Waals surface area contributed by atoms with Crippen LogP contribution in [0.4, 0.5) is 5.69 Å². The fourth-order valence-corrected chi connectivity index (χ4v) is 3.06. The molecule has 6 nitrogen and oxygen atoms in total. The summed E-state index contributed by atoms with van der Waals surface area (Å²) in [5, 5.41) is 14.1. The summed E-state index contributed by atoms with van der Waals surface area (Å²) in [6, 6.07) is 3.18. The minimum absolute atomic E-state index is 0.0528. The summed E-state index contributed by atoms with van der Waals surface area (Å²) in [6.45, 7) is 0. The molecular weight excluding hydrogens is 278 g/mol. The van der Waals surface area contributed by atoms with Gasteiger partial charge in [0.15, 0.2) is 5.03 Å². The maximum atomic E-state index is 11.8. The van der Waals surface area contributed by atoms with Gasteiger partial charge in [-0.2, -0.15) is 0 Å². The third kappa shape index (κ3) is 4.19. The van der Waals surface area contributed by atoms with Crippen molar-refractivity contribution in [3.63, 3.8) is 0 Å². The molecule has 20 heavy (non-hydrogen) atoms. The maximum Gasteiger partial charge on any atom is 0.301 e. The number of hydrogen-bond donors (Lipinski definition) is 1. The number of nitrogens with zero attached hydrogens (tertiary/aromatic N) is 2. The van der Waals surface area contributed by atoms with Crippen LogP contribution in [0, 0.1) is 10.1 Å². The van der Waals surface area contributed by atoms with Gasteiger partial charge < -0.3 is 5.32 Å². The van der Waals surface area contributed by atoms with Gasteiger partial charge in [-0.25, -0.2) is 4.98 Å². The molecule has 1 N–H and O–H groups in total. The normalized spacial score (nSPS) is 15.8. The van der Waals surface area contributed by atoms with E-state index >= 15 is 0 Å². The Bertz CT molecular complexity index is 490. The number of rotatable bonds is 5. The first-order chi connectivity index (χ1) is 9.66. The van der Waals surface area contributed by atoms with Crippen molar-refractivity contribution in [3.8, 4) is 0 Å². The van der Waals surface area contributed by atoms with Crippen LogP contribution in [0.3, 0.4) is 0 Å². The van der Waals surface area contributed by atoms with Gasteiger partial charge in [-0.15, -0.1) is 0 Å². The molecule has 1 aromatic heterocycles. The van der Waals surface area contributed by atoms with Crippen molar-refractivity contribution < 1.29 is 9.72 Å². The van der Waals surface area contributed by atoms with E-state index in [-0.39, 0.29) is 28.4 Å². The Morgan fingerprint density at radius 3 is 2.90 bits per heavy atom. The van der Waals surface area contributed by atoms with Gasteiger partial charge in [0.25, 0.3) is 0 Å². The van der Waals surface area contributed by atoms with Gasteiger partial charge in [0.2, 0.25) is 5.91 Å². The molecular formula is C13H17N3O3S. The van der Waals surface area contributed by atoms with E-state index in [2.05, 4.69) is 10.3 Å². The lowest BCUT2D eigenvalue weighted by Crippen LogP contribution is -2.37. The third-order valence-electron chi connectivity index (χ3n) is 3.26. The molecule has 1 aliphatic rings. The Morgan fingerprint density at radius 2 is 2.20 bits per heavy atom. The maximum absolute atomic E-state index is 11.8. The zero-order valence-corrected chi connectivity index (χ0v) is 11.9. The molecule has 1 aromatic rings. The van der Waals surface area contributed by atoms with E-state index in [4.69, 9.17) is 0 Å². The first-order valence-electron chi connectivity index (χ1n) is 6.68. The average molecular weight is 295 g/mol. The van der Waals surface area contributed by atoms with Crippen molar-refractivity contribution in [2.24, 2.45) is 0 Å². The molecule has 0 unspecified atom stereocenters. The van der Waals surface area contributed by atoms with Gasteiger partial charge >= 0.3 is 5.69 Å². The first-order valence-corrected chi connectivity index (χ1v) is 7.67. The monoisotopic (exact) mass is 295 g/mol. The molecule has 1 saturated carbocycles. The highest BCUT2D eigenvalue weighted by molar-refractivity contribution is 8.00. The molecule has 7 heteroatoms. The molecule has 1 fully saturated rings. The molecule has 0 radical (unpaired) electrons. The lowest BCUT2D eigenvalue weighted by atomic mass is 9.95. The van der Waals surface area contributed by atoms with Crippen LogP contribution in [-0.2, 0) is 4.79 Å². The first kappa shape index (κ1) is 14.8. The Balaban J connectivity index is 1.85. The molecule has 0 saturated heterocycles. The smallest absolute Gasteiger partial charge is 0.301 e. The van der Waals surface area contributed by atoms with Crippen molar-refractivity contribution >= 4 is 23.4 Å². The van der Waals surface area contributed by atoms with Crippen molar-refractivity contribution in [1.29, 1.82) is 0 Å². The summed E-state index contributed by atoms with van der Waals surface area (Å²) < 4.78 is 0. The number of nitrogens with one attached hydrogen (secondary N) is 1. The molecule has 0 atom stereocenters. The lowest BCUT2D eigenvalue weighted by molar-refractivity contribution is -0.388. The largest absolute Gasteiger partial charge is 0.353 e. The molecule has 2 rings (SSSR count). The third-order valence-corrected chi connectivity index (χ3v) is 4.25. The number of nitro groups is 1. The Kier molecular flexibility index (Phi) is 5.34. The van der Waals surface area contributed by atoms with Gasteiger partial charge in [0.1, 0.15) is 0 Å². The zero-order chi connectivity index (χ0) is 14.4. The van der Waals surface area contributed by atoms with Crippen LogP contribution in [0.1, 0.15) is 32.1 Å². The summed E-state index contributed by atoms with van der Waals surface area (Å²) in [4.78, 5) is 26.2. The fourth-order valence-electron chi connectivity index (χ4n) is 2.28. The molecule has 0 bridgehead atoms. The van der Waals surface area contributed by atoms with Gasteiger partial charge in [-0.05, 0) is 18.9 Å². The number of aromatic nitrogens is 1. The predicted octanol–water partition coefficient (Wildman–Crippen LogP) is 2.53. The quantitative estimate of drug-likeness (QED) is 0.512. The standard InChI is InChI=1S/C13H17N3O3S/c17-12(15-10-5-2-1-3-6-10)9-20-13-11(16(18)19)7-4-8-14-13/h4,7-8,10H,1-3,5-6,9H2,(H,15,17). The van der Waals surface area contributed by atoms with Crippen molar-refractivity contribution in [2.75, 3.05) is 5.75 Å². The molecule has 0 spiro atoms. The Hall–Kier alpha value is -1.63. The zero-order valence-electron chi connectivity index (χ0n) is 11.1. The van der Waals surface area contributed by atoms with Crippen LogP contribution in [0.25, 0.3) is 0 Å². The van der Waals surface area contributed by atoms with Crippen LogP contribution in [0.5, 0.6) is 0 Å². The van der Waals surface area contributed by atoms with Crippen LogP contribution in [0.15, 0.2) is 23.4 Å². The average Bonchev–Trinajstić information content (AvgIpc) is 2.46. The van der Waals surface area contributed by atoms with E-state index in [0.29, 0.717) is 0 Å². The highest BCUT2D eigenvalue weighted by atomic mass is 32.2. The van der Waals surface area contributed by atoms with Gasteiger partial charge in [0.05, 0.1) is 10.7 Å². The summed E-state index contributed by atoms with van der Waals surface area (Å²) in [5.74, 6) is 0.0794. The lowest BCUT2D eigenvalue weighted by Gasteiger charge is -2.22. The second-order valence-corrected chi connectivity index (χ2v) is 5.74. The van der Waals surface area contributed by atoms with E-state index in [1.807, 2.05) is 0 Å². The molecule has 0 aliphatic heterocycles. The topological polar surface area (TPSA) is 85.1 Å². The van der Waals surface area contributed by atoms with Gasteiger partial charge in [-0.1, -0.05) is 31.0 Å². The second-order valence-electron chi connectivity index (χ2n) is 4.78. The molecule has 0 aromatic carbocycles. The minimum atomic E-state index is -0.478. The Labute approximate surface area is 121 Å². The Morgan fingerprint density at radius 1 is 1.45 bits per heavy atom. The highest BCUT2D eigenvalue weighted by Gasteiger charge is 2.18. The molecule has 1 amide bonds. The number of thioether (sulfide) groups is 1. The number of carbonyl (C=O) groups is 1. The SMILES string of the molecule is O=C(CSc1ncccc1[N+](=O)[O-])NC1CCCCC1. The van der Waals surface area contributed by atoms with Crippen molar-refractivity contribution in [1.82, 2.24) is 10.3 Å². The summed E-state index contributed by atoms with van der Waals surface area (Å²) >= 11 is 1.11. The van der Waals surface area contributed by atoms with Crippen LogP contribution in [-0.4, -0.2) is 27.6 Å². The van der Waals surface area contributed by atoms with E-state index in [1.54, 1.807) is 0 Å². The van der Waals surface area contributed by atoms with Gasteiger partial charge in [-0.3, -0.25) is 14.9 Å². The number of carbonyl (C=O) groups excluding carboxylic acids is 1. The van der Waals surface area contributed by atoms with Crippen LogP contribution < -0.4 is 5.32 Å². The van der Waals surface area contributed by atoms with E-state index in [1.165, 1.54) is 24.8 Å². The van der Waals surface area contributed by atoms with Crippen molar-refractivity contribution in [3.05, 3.63) is 28.4 Å². The molecule has 1 heterocycles. The van der Waals surface area contributed by atoms with Crippen LogP contribution >= 0.6 is 11.8 Å². The number of hydrogen-bond acceptors (Lipinski definition) is 5. The highest BCUT2D eigenvalue weighted by Crippen LogP contribution is 2.26. The van der Waals surface area contributed by atoms with E-state index < -0.39 is 4.92 Å². The summed E-state index contributed by atoms with van der Waals surface area (Å²) in [5.41, 5.74) is -0.0528. The summed E-state index contributed by atoms with van der Waals surface area (Å²) in [7, 11) is 0. The van der Waals surface area contributed by atoms with E-state index in [0.717, 1.165) is 37.4 Å². The number of pyridine rings is 1. The van der Waals surface area contributed by atoms with Crippen molar-refractivity contribution in [2.45, 2.75) is 43.2 Å². The molecule has 108 valence electrons. The predicted molar refractivity (Wildman–Crippen MR) is 76.6 cm³/mol. The van der Waals surface area contributed by atoms with Crippen LogP contribution in [0.2, 0.25) is 0 Å². The summed E-state index contributed by atoms with van der Waals surface area (Å²) in [6.07, 6.45) is 7.10. The second kappa shape index (κ2) is 7.23. The fraction of sp³-hybridized carbons (Fsp3) is 0.538. The minimum Gasteiger partial charge on any atom is -0.353 e. The number of amides is 1. The molecule has 1 aliphatic carbocycles. The van der Waals surface area contributed by atoms with Gasteiger partial charge in [0, 0.05) is 18.3 Å². The van der Waals surface area contributed by atoms with E-state index in [9.17, 15) is 14.9 Å².